The molecule has 9 heteroatoms. The highest BCUT2D eigenvalue weighted by Crippen LogP contribution is 2.47. The number of nitrogen functional groups attached to an aromatic ring is 1. The van der Waals surface area contributed by atoms with Crippen molar-refractivity contribution in [2.45, 2.75) is 96.1 Å². The molecule has 3 rings (SSSR count). The van der Waals surface area contributed by atoms with Crippen molar-refractivity contribution in [1.29, 1.82) is 0 Å². The summed E-state index contributed by atoms with van der Waals surface area (Å²) in [6.07, 6.45) is 0.387. The molecule has 32 heavy (non-hydrogen) atoms. The number of ether oxygens (including phenoxy) is 1. The molecule has 2 N–H and O–H groups in total. The van der Waals surface area contributed by atoms with Gasteiger partial charge in [0.15, 0.2) is 28.6 Å². The summed E-state index contributed by atoms with van der Waals surface area (Å²) in [5.41, 5.74) is 7.68. The zero-order valence-electron chi connectivity index (χ0n) is 21.3. The van der Waals surface area contributed by atoms with Gasteiger partial charge in [0.1, 0.15) is 29.8 Å². The lowest BCUT2D eigenvalue weighted by molar-refractivity contribution is 0.0322. The third-order valence-electron chi connectivity index (χ3n) is 7.46. The molecule has 0 bridgehead atoms. The average Bonchev–Trinajstić information content (AvgIpc) is 3.16. The number of hydrogen-bond acceptors (Lipinski definition) is 6. The molecule has 3 atom stereocenters. The molecular weight excluding hydrogens is 436 g/mol. The lowest BCUT2D eigenvalue weighted by Crippen LogP contribution is -2.51. The van der Waals surface area contributed by atoms with E-state index >= 15 is 0 Å². The molecule has 0 aromatic carbocycles. The maximum atomic E-state index is 6.98. The van der Waals surface area contributed by atoms with Crippen molar-refractivity contribution in [3.05, 3.63) is 36.5 Å². The van der Waals surface area contributed by atoms with Crippen molar-refractivity contribution in [2.75, 3.05) is 5.73 Å². The van der Waals surface area contributed by atoms with Crippen LogP contribution in [-0.4, -0.2) is 43.4 Å². The standard InChI is InChI=1S/C23H40N4O3Si2/c1-15-18(29-31(8,9)22(2,3)4)20(30-32(10,11)23(5,6)7)19(28-15)16-12-13-17-21(24)25-14-26-27(16)17/h12-14,18-20H,1H2,2-11H3,(H2,24,25,26)/t18?,19-,20?/m0/s1. The summed E-state index contributed by atoms with van der Waals surface area (Å²) in [5, 5.41) is 4.52. The lowest BCUT2D eigenvalue weighted by Gasteiger charge is -2.43. The van der Waals surface area contributed by atoms with Gasteiger partial charge in [-0.25, -0.2) is 9.50 Å². The second-order valence-electron chi connectivity index (χ2n) is 11.8. The zero-order chi connectivity index (χ0) is 24.3. The third kappa shape index (κ3) is 4.40. The SMILES string of the molecule is C=C1O[C@@H](c2ccc3c(N)ncnn23)C(O[Si](C)(C)C(C)(C)C)C1O[Si](C)(C)C(C)(C)C. The molecule has 178 valence electrons. The Bertz CT molecular complexity index is 1000. The van der Waals surface area contributed by atoms with Gasteiger partial charge in [0.05, 0.1) is 5.69 Å². The van der Waals surface area contributed by atoms with Gasteiger partial charge in [-0.15, -0.1) is 0 Å². The van der Waals surface area contributed by atoms with E-state index in [4.69, 9.17) is 19.3 Å². The first-order chi connectivity index (χ1) is 14.5. The molecule has 1 saturated heterocycles. The van der Waals surface area contributed by atoms with E-state index in [1.165, 1.54) is 6.33 Å². The Morgan fingerprint density at radius 1 is 1.00 bits per heavy atom. The number of aromatic nitrogens is 3. The molecule has 1 fully saturated rings. The van der Waals surface area contributed by atoms with E-state index in [0.29, 0.717) is 11.6 Å². The van der Waals surface area contributed by atoms with Crippen LogP contribution < -0.4 is 5.73 Å². The van der Waals surface area contributed by atoms with Crippen LogP contribution >= 0.6 is 0 Å². The number of nitrogens with two attached hydrogens (primary N) is 1. The fourth-order valence-corrected chi connectivity index (χ4v) is 5.86. The molecule has 7 nitrogen and oxygen atoms in total. The van der Waals surface area contributed by atoms with E-state index in [2.05, 4.69) is 84.4 Å². The second-order valence-corrected chi connectivity index (χ2v) is 21.4. The number of rotatable bonds is 5. The van der Waals surface area contributed by atoms with Gasteiger partial charge in [-0.1, -0.05) is 48.1 Å². The molecule has 1 aliphatic rings. The van der Waals surface area contributed by atoms with Crippen LogP contribution in [0.15, 0.2) is 30.8 Å². The molecule has 0 saturated carbocycles. The molecule has 2 aromatic heterocycles. The van der Waals surface area contributed by atoms with Gasteiger partial charge in [-0.2, -0.15) is 5.10 Å². The third-order valence-corrected chi connectivity index (χ3v) is 16.4. The van der Waals surface area contributed by atoms with Crippen LogP contribution in [-0.2, 0) is 13.6 Å². The van der Waals surface area contributed by atoms with Crippen LogP contribution in [0.3, 0.4) is 0 Å². The Balaban J connectivity index is 2.08. The quantitative estimate of drug-likeness (QED) is 0.559. The lowest BCUT2D eigenvalue weighted by atomic mass is 10.1. The summed E-state index contributed by atoms with van der Waals surface area (Å²) in [7, 11) is -4.26. The maximum Gasteiger partial charge on any atom is 0.193 e. The highest BCUT2D eigenvalue weighted by molar-refractivity contribution is 6.74. The summed E-state index contributed by atoms with van der Waals surface area (Å²) in [6.45, 7) is 26.7. The van der Waals surface area contributed by atoms with E-state index in [1.807, 2.05) is 12.1 Å². The van der Waals surface area contributed by atoms with Crippen LogP contribution in [0.4, 0.5) is 5.82 Å². The van der Waals surface area contributed by atoms with Crippen molar-refractivity contribution in [3.8, 4) is 0 Å². The zero-order valence-corrected chi connectivity index (χ0v) is 23.3. The monoisotopic (exact) mass is 476 g/mol. The smallest absolute Gasteiger partial charge is 0.193 e. The fraction of sp³-hybridized carbons (Fsp3) is 0.652. The Hall–Kier alpha value is -1.69. The van der Waals surface area contributed by atoms with Crippen molar-refractivity contribution in [2.24, 2.45) is 0 Å². The molecule has 3 heterocycles. The van der Waals surface area contributed by atoms with Gasteiger partial charge in [0.2, 0.25) is 0 Å². The molecule has 2 aromatic rings. The topological polar surface area (TPSA) is 83.9 Å². The van der Waals surface area contributed by atoms with Crippen LogP contribution in [0.2, 0.25) is 36.3 Å². The summed E-state index contributed by atoms with van der Waals surface area (Å²) in [5.74, 6) is 1.04. The molecular formula is C23H40N4O3Si2. The Morgan fingerprint density at radius 2 is 1.56 bits per heavy atom. The molecule has 0 aliphatic carbocycles. The summed E-state index contributed by atoms with van der Waals surface area (Å²) >= 11 is 0. The van der Waals surface area contributed by atoms with Crippen LogP contribution in [0.5, 0.6) is 0 Å². The van der Waals surface area contributed by atoms with Crippen LogP contribution in [0.25, 0.3) is 5.52 Å². The Labute approximate surface area is 194 Å². The first-order valence-electron chi connectivity index (χ1n) is 11.3. The normalized spacial score (nSPS) is 23.1. The van der Waals surface area contributed by atoms with Gasteiger partial charge in [0.25, 0.3) is 0 Å². The van der Waals surface area contributed by atoms with Crippen molar-refractivity contribution < 1.29 is 13.6 Å². The Morgan fingerprint density at radius 3 is 2.12 bits per heavy atom. The van der Waals surface area contributed by atoms with Gasteiger partial charge in [0, 0.05) is 0 Å². The number of anilines is 1. The molecule has 0 amide bonds. The average molecular weight is 477 g/mol. The highest BCUT2D eigenvalue weighted by atomic mass is 28.4. The van der Waals surface area contributed by atoms with E-state index < -0.39 is 22.7 Å². The van der Waals surface area contributed by atoms with Gasteiger partial charge < -0.3 is 19.3 Å². The van der Waals surface area contributed by atoms with Crippen LogP contribution in [0, 0.1) is 0 Å². The second kappa shape index (κ2) is 7.97. The summed E-state index contributed by atoms with van der Waals surface area (Å²) in [4.78, 5) is 4.11. The predicted octanol–water partition coefficient (Wildman–Crippen LogP) is 5.68. The van der Waals surface area contributed by atoms with Gasteiger partial charge in [-0.3, -0.25) is 0 Å². The van der Waals surface area contributed by atoms with Crippen molar-refractivity contribution in [3.63, 3.8) is 0 Å². The van der Waals surface area contributed by atoms with Crippen molar-refractivity contribution in [1.82, 2.24) is 14.6 Å². The highest BCUT2D eigenvalue weighted by Gasteiger charge is 2.52. The van der Waals surface area contributed by atoms with E-state index in [-0.39, 0.29) is 22.3 Å². The first kappa shape index (κ1) is 24.9. The van der Waals surface area contributed by atoms with E-state index in [1.54, 1.807) is 4.52 Å². The molecule has 0 spiro atoms. The van der Waals surface area contributed by atoms with Crippen molar-refractivity contribution >= 4 is 28.0 Å². The number of nitrogens with zero attached hydrogens (tertiary/aromatic N) is 3. The molecule has 0 radical (unpaired) electrons. The van der Waals surface area contributed by atoms with Gasteiger partial charge in [-0.05, 0) is 48.4 Å². The van der Waals surface area contributed by atoms with E-state index in [0.717, 1.165) is 11.2 Å². The predicted molar refractivity (Wildman–Crippen MR) is 135 cm³/mol. The van der Waals surface area contributed by atoms with Crippen LogP contribution in [0.1, 0.15) is 53.3 Å². The molecule has 1 aliphatic heterocycles. The number of hydrogen-bond donors (Lipinski definition) is 1. The van der Waals surface area contributed by atoms with Gasteiger partial charge >= 0.3 is 0 Å². The Kier molecular flexibility index (Phi) is 6.21. The minimum absolute atomic E-state index is 0.0385. The fourth-order valence-electron chi connectivity index (χ4n) is 3.32. The molecule has 2 unspecified atom stereocenters. The summed E-state index contributed by atoms with van der Waals surface area (Å²) in [6, 6.07) is 3.90. The maximum absolute atomic E-state index is 6.98. The minimum atomic E-state index is -2.15. The summed E-state index contributed by atoms with van der Waals surface area (Å²) < 4.78 is 22.0. The largest absolute Gasteiger partial charge is 0.483 e. The first-order valence-corrected chi connectivity index (χ1v) is 17.1. The number of fused-ring (bicyclic) bond motifs is 1. The minimum Gasteiger partial charge on any atom is -0.483 e. The van der Waals surface area contributed by atoms with E-state index in [9.17, 15) is 0 Å².